The number of fused-ring (bicyclic) bond motifs is 1. The Labute approximate surface area is 164 Å². The van der Waals surface area contributed by atoms with E-state index in [0.29, 0.717) is 32.0 Å². The number of carbonyl (C=O) groups is 2. The molecular weight excluding hydrogens is 397 g/mol. The summed E-state index contributed by atoms with van der Waals surface area (Å²) in [5.41, 5.74) is 2.16. The van der Waals surface area contributed by atoms with Crippen LogP contribution in [0.4, 0.5) is 0 Å². The number of benzene rings is 1. The van der Waals surface area contributed by atoms with E-state index in [0.717, 1.165) is 0 Å². The summed E-state index contributed by atoms with van der Waals surface area (Å²) >= 11 is 13.6. The quantitative estimate of drug-likeness (QED) is 0.424. The first-order valence-corrected chi connectivity index (χ1v) is 9.77. The molecule has 0 bridgehead atoms. The van der Waals surface area contributed by atoms with Gasteiger partial charge in [0.2, 0.25) is 0 Å². The molecule has 9 heteroatoms. The highest BCUT2D eigenvalue weighted by Gasteiger charge is 2.34. The molecule has 1 amide bonds. The number of hydrogen-bond donors (Lipinski definition) is 0. The van der Waals surface area contributed by atoms with Crippen molar-refractivity contribution in [2.24, 2.45) is 0 Å². The van der Waals surface area contributed by atoms with Crippen molar-refractivity contribution >= 4 is 46.8 Å². The van der Waals surface area contributed by atoms with Crippen LogP contribution in [0.2, 0.25) is 10.0 Å². The fourth-order valence-corrected chi connectivity index (χ4v) is 3.55. The molecule has 0 saturated carbocycles. The van der Waals surface area contributed by atoms with Gasteiger partial charge in [-0.2, -0.15) is 0 Å². The summed E-state index contributed by atoms with van der Waals surface area (Å²) in [6.07, 6.45) is 1.82. The molecule has 1 aliphatic rings. The van der Waals surface area contributed by atoms with Crippen molar-refractivity contribution in [3.05, 3.63) is 39.5 Å². The van der Waals surface area contributed by atoms with E-state index in [4.69, 9.17) is 27.9 Å². The number of hydrogen-bond acceptors (Lipinski definition) is 6. The van der Waals surface area contributed by atoms with Crippen LogP contribution >= 0.6 is 35.0 Å². The summed E-state index contributed by atoms with van der Waals surface area (Å²) in [5, 5.41) is 1.40. The van der Waals surface area contributed by atoms with E-state index in [1.54, 1.807) is 25.1 Å². The Hall–Kier alpha value is -1.83. The summed E-state index contributed by atoms with van der Waals surface area (Å²) in [5.74, 6) is -0.783. The highest BCUT2D eigenvalue weighted by Crippen LogP contribution is 2.36. The van der Waals surface area contributed by atoms with E-state index in [-0.39, 0.29) is 31.3 Å². The molecule has 0 saturated heterocycles. The van der Waals surface area contributed by atoms with Crippen molar-refractivity contribution in [3.8, 4) is 11.3 Å². The zero-order valence-electron chi connectivity index (χ0n) is 14.1. The maximum atomic E-state index is 12.7. The van der Waals surface area contributed by atoms with Crippen LogP contribution in [0, 0.1) is 0 Å². The van der Waals surface area contributed by atoms with Gasteiger partial charge in [-0.05, 0) is 31.4 Å². The number of ether oxygens (including phenoxy) is 1. The van der Waals surface area contributed by atoms with Gasteiger partial charge in [0.05, 0.1) is 23.9 Å². The Bertz CT molecular complexity index is 892. The fourth-order valence-electron chi connectivity index (χ4n) is 2.69. The fraction of sp³-hybridized carbons (Fsp3) is 0.294. The van der Waals surface area contributed by atoms with Gasteiger partial charge in [-0.1, -0.05) is 35.0 Å². The van der Waals surface area contributed by atoms with Crippen molar-refractivity contribution in [3.63, 3.8) is 0 Å². The molecule has 0 aliphatic carbocycles. The number of thioether (sulfide) groups is 1. The second-order valence-corrected chi connectivity index (χ2v) is 7.09. The highest BCUT2D eigenvalue weighted by molar-refractivity contribution is 7.98. The molecule has 6 nitrogen and oxygen atoms in total. The average Bonchev–Trinajstić information content (AvgIpc) is 2.90. The standard InChI is InChI=1S/C17H15Cl2N3O3S/c1-3-25-13(23)8-22-7-11-14(10-5-4-9(18)6-12(10)19)20-17(26-2)21-15(11)16(22)24/h4-6H,3,7-8H2,1-2H3. The molecule has 1 aromatic heterocycles. The lowest BCUT2D eigenvalue weighted by Crippen LogP contribution is -2.31. The summed E-state index contributed by atoms with van der Waals surface area (Å²) in [7, 11) is 0. The van der Waals surface area contributed by atoms with Gasteiger partial charge >= 0.3 is 5.97 Å². The highest BCUT2D eigenvalue weighted by atomic mass is 35.5. The van der Waals surface area contributed by atoms with Crippen molar-refractivity contribution in [2.75, 3.05) is 19.4 Å². The van der Waals surface area contributed by atoms with Crippen molar-refractivity contribution in [1.82, 2.24) is 14.9 Å². The predicted octanol–water partition coefficient (Wildman–Crippen LogP) is 3.69. The molecular formula is C17H15Cl2N3O3S. The Kier molecular flexibility index (Phi) is 5.70. The number of carbonyl (C=O) groups excluding carboxylic acids is 2. The van der Waals surface area contributed by atoms with Crippen LogP contribution in [0.1, 0.15) is 23.0 Å². The molecule has 0 N–H and O–H groups in total. The Morgan fingerprint density at radius 1 is 1.31 bits per heavy atom. The first-order chi connectivity index (χ1) is 12.4. The molecule has 136 valence electrons. The lowest BCUT2D eigenvalue weighted by Gasteiger charge is -2.14. The van der Waals surface area contributed by atoms with E-state index in [2.05, 4.69) is 9.97 Å². The van der Waals surface area contributed by atoms with Gasteiger partial charge in [0.1, 0.15) is 12.2 Å². The second-order valence-electron chi connectivity index (χ2n) is 5.48. The van der Waals surface area contributed by atoms with Gasteiger partial charge < -0.3 is 9.64 Å². The van der Waals surface area contributed by atoms with Crippen LogP contribution in [0.15, 0.2) is 23.4 Å². The minimum absolute atomic E-state index is 0.134. The second kappa shape index (κ2) is 7.82. The monoisotopic (exact) mass is 411 g/mol. The van der Waals surface area contributed by atoms with Crippen LogP contribution in [-0.2, 0) is 16.1 Å². The summed E-state index contributed by atoms with van der Waals surface area (Å²) in [4.78, 5) is 34.7. The zero-order chi connectivity index (χ0) is 18.8. The number of nitrogens with zero attached hydrogens (tertiary/aromatic N) is 3. The maximum Gasteiger partial charge on any atom is 0.325 e. The molecule has 2 heterocycles. The first-order valence-electron chi connectivity index (χ1n) is 7.79. The number of esters is 1. The third-order valence-electron chi connectivity index (χ3n) is 3.82. The van der Waals surface area contributed by atoms with Gasteiger partial charge in [-0.3, -0.25) is 9.59 Å². The van der Waals surface area contributed by atoms with Crippen molar-refractivity contribution in [2.45, 2.75) is 18.6 Å². The first kappa shape index (κ1) is 18.9. The molecule has 0 unspecified atom stereocenters. The lowest BCUT2D eigenvalue weighted by molar-refractivity contribution is -0.143. The number of rotatable bonds is 5. The van der Waals surface area contributed by atoms with Crippen LogP contribution in [-0.4, -0.2) is 46.2 Å². The third-order valence-corrected chi connectivity index (χ3v) is 4.91. The molecule has 3 rings (SSSR count). The normalized spacial score (nSPS) is 13.1. The minimum atomic E-state index is -0.460. The van der Waals surface area contributed by atoms with Gasteiger partial charge in [0, 0.05) is 16.1 Å². The van der Waals surface area contributed by atoms with Crippen LogP contribution < -0.4 is 0 Å². The van der Waals surface area contributed by atoms with E-state index in [1.165, 1.54) is 16.7 Å². The van der Waals surface area contributed by atoms with Gasteiger partial charge in [0.25, 0.3) is 5.91 Å². The SMILES string of the molecule is CCOC(=O)CN1Cc2c(nc(SC)nc2-c2ccc(Cl)cc2Cl)C1=O. The number of halogens is 2. The summed E-state index contributed by atoms with van der Waals surface area (Å²) in [6, 6.07) is 5.10. The average molecular weight is 412 g/mol. The third kappa shape index (κ3) is 3.65. The minimum Gasteiger partial charge on any atom is -0.465 e. The molecule has 2 aromatic rings. The zero-order valence-corrected chi connectivity index (χ0v) is 16.4. The Balaban J connectivity index is 2.05. The van der Waals surface area contributed by atoms with E-state index < -0.39 is 5.97 Å². The molecule has 0 fully saturated rings. The van der Waals surface area contributed by atoms with E-state index in [9.17, 15) is 9.59 Å². The van der Waals surface area contributed by atoms with E-state index >= 15 is 0 Å². The number of aromatic nitrogens is 2. The molecule has 0 spiro atoms. The van der Waals surface area contributed by atoms with Crippen LogP contribution in [0.5, 0.6) is 0 Å². The predicted molar refractivity (Wildman–Crippen MR) is 101 cm³/mol. The van der Waals surface area contributed by atoms with Crippen molar-refractivity contribution in [1.29, 1.82) is 0 Å². The van der Waals surface area contributed by atoms with E-state index in [1.807, 2.05) is 6.26 Å². The van der Waals surface area contributed by atoms with Crippen LogP contribution in [0.3, 0.4) is 0 Å². The van der Waals surface area contributed by atoms with Crippen molar-refractivity contribution < 1.29 is 14.3 Å². The van der Waals surface area contributed by atoms with Gasteiger partial charge in [-0.25, -0.2) is 9.97 Å². The summed E-state index contributed by atoms with van der Waals surface area (Å²) < 4.78 is 4.93. The summed E-state index contributed by atoms with van der Waals surface area (Å²) in [6.45, 7) is 2.06. The van der Waals surface area contributed by atoms with Gasteiger partial charge in [-0.15, -0.1) is 0 Å². The largest absolute Gasteiger partial charge is 0.465 e. The molecule has 0 radical (unpaired) electrons. The molecule has 1 aliphatic heterocycles. The Morgan fingerprint density at radius 3 is 2.69 bits per heavy atom. The smallest absolute Gasteiger partial charge is 0.325 e. The topological polar surface area (TPSA) is 72.4 Å². The lowest BCUT2D eigenvalue weighted by atomic mass is 10.1. The van der Waals surface area contributed by atoms with Crippen LogP contribution in [0.25, 0.3) is 11.3 Å². The molecule has 0 atom stereocenters. The van der Waals surface area contributed by atoms with Gasteiger partial charge in [0.15, 0.2) is 5.16 Å². The number of amides is 1. The maximum absolute atomic E-state index is 12.7. The Morgan fingerprint density at radius 2 is 2.04 bits per heavy atom. The molecule has 26 heavy (non-hydrogen) atoms. The molecule has 1 aromatic carbocycles.